The summed E-state index contributed by atoms with van der Waals surface area (Å²) in [7, 11) is -1.56. The first-order valence-corrected chi connectivity index (χ1v) is 2.13. The van der Waals surface area contributed by atoms with Gasteiger partial charge in [0.15, 0.2) is 0 Å². The van der Waals surface area contributed by atoms with Crippen LogP contribution in [0.3, 0.4) is 0 Å². The van der Waals surface area contributed by atoms with E-state index < -0.39 is 13.3 Å². The first kappa shape index (κ1) is 5.46. The van der Waals surface area contributed by atoms with Crippen molar-refractivity contribution in [1.29, 1.82) is 0 Å². The molecule has 1 aliphatic heterocycles. The Morgan fingerprint density at radius 2 is 1.75 bits per heavy atom. The van der Waals surface area contributed by atoms with Crippen LogP contribution in [0, 0.1) is 0 Å². The summed E-state index contributed by atoms with van der Waals surface area (Å²) in [5, 5.41) is 16.6. The molecule has 1 aliphatic rings. The molecular weight excluding hydrogens is 111 g/mol. The van der Waals surface area contributed by atoms with E-state index in [1.54, 1.807) is 0 Å². The summed E-state index contributed by atoms with van der Waals surface area (Å²) in [4.78, 5) is 0. The molecule has 0 bridgehead atoms. The third-order valence-electron chi connectivity index (χ3n) is 0.724. The third kappa shape index (κ3) is 0.934. The van der Waals surface area contributed by atoms with Crippen LogP contribution < -0.4 is 0 Å². The average Bonchev–Trinajstić information content (AvgIpc) is 2.12. The first-order valence-electron chi connectivity index (χ1n) is 2.13. The molecule has 2 N–H and O–H groups in total. The molecule has 0 fully saturated rings. The van der Waals surface area contributed by atoms with E-state index in [1.165, 1.54) is 12.5 Å². The van der Waals surface area contributed by atoms with Gasteiger partial charge >= 0.3 is 7.12 Å². The van der Waals surface area contributed by atoms with Crippen molar-refractivity contribution in [2.75, 3.05) is 0 Å². The van der Waals surface area contributed by atoms with Crippen LogP contribution in [0.25, 0.3) is 0 Å². The minimum absolute atomic E-state index is 0.935. The van der Waals surface area contributed by atoms with Crippen LogP contribution in [-0.4, -0.2) is 23.4 Å². The van der Waals surface area contributed by atoms with Gasteiger partial charge in [0.2, 0.25) is 0 Å². The Labute approximate surface area is 46.5 Å². The average molecular weight is 116 g/mol. The van der Waals surface area contributed by atoms with Crippen LogP contribution in [0.4, 0.5) is 0 Å². The summed E-state index contributed by atoms with van der Waals surface area (Å²) in [5.41, 5.74) is 0. The van der Waals surface area contributed by atoms with Crippen molar-refractivity contribution in [3.05, 3.63) is 12.5 Å². The summed E-state index contributed by atoms with van der Waals surface area (Å²) < 4.78 is 9.02. The van der Waals surface area contributed by atoms with Crippen molar-refractivity contribution < 1.29 is 19.5 Å². The maximum absolute atomic E-state index is 8.32. The third-order valence-corrected chi connectivity index (χ3v) is 0.724. The molecule has 44 valence electrons. The molecule has 0 aromatic carbocycles. The molecule has 1 heterocycles. The lowest BCUT2D eigenvalue weighted by atomic mass is 9.91. The first-order chi connectivity index (χ1) is 3.80. The van der Waals surface area contributed by atoms with Crippen molar-refractivity contribution in [2.24, 2.45) is 0 Å². The standard InChI is InChI=1S/C3H5BO4/c5-4(6)3-7-1-2-8-3/h1-3,5-6H. The molecule has 0 saturated heterocycles. The van der Waals surface area contributed by atoms with Gasteiger partial charge in [-0.25, -0.2) is 0 Å². The van der Waals surface area contributed by atoms with Crippen molar-refractivity contribution in [3.8, 4) is 0 Å². The second-order valence-electron chi connectivity index (χ2n) is 1.33. The van der Waals surface area contributed by atoms with Gasteiger partial charge in [-0.1, -0.05) is 0 Å². The Morgan fingerprint density at radius 3 is 2.00 bits per heavy atom. The van der Waals surface area contributed by atoms with Gasteiger partial charge in [-0.3, -0.25) is 0 Å². The zero-order valence-corrected chi connectivity index (χ0v) is 4.02. The fraction of sp³-hybridized carbons (Fsp3) is 0.333. The van der Waals surface area contributed by atoms with E-state index in [9.17, 15) is 0 Å². The van der Waals surface area contributed by atoms with E-state index in [0.717, 1.165) is 0 Å². The van der Waals surface area contributed by atoms with Crippen molar-refractivity contribution in [3.63, 3.8) is 0 Å². The smallest absolute Gasteiger partial charge is 0.461 e. The Kier molecular flexibility index (Phi) is 1.41. The van der Waals surface area contributed by atoms with E-state index in [2.05, 4.69) is 9.47 Å². The molecule has 1 rings (SSSR count). The molecule has 0 aromatic heterocycles. The SMILES string of the molecule is OB(O)C1OC=CO1. The summed E-state index contributed by atoms with van der Waals surface area (Å²) in [6, 6.07) is 0. The van der Waals surface area contributed by atoms with Crippen LogP contribution >= 0.6 is 0 Å². The lowest BCUT2D eigenvalue weighted by Gasteiger charge is -2.06. The van der Waals surface area contributed by atoms with E-state index in [1.807, 2.05) is 0 Å². The van der Waals surface area contributed by atoms with Gasteiger partial charge in [0.25, 0.3) is 6.19 Å². The largest absolute Gasteiger partial charge is 0.542 e. The number of rotatable bonds is 1. The second-order valence-corrected chi connectivity index (χ2v) is 1.33. The molecule has 5 heteroatoms. The molecule has 8 heavy (non-hydrogen) atoms. The fourth-order valence-corrected chi connectivity index (χ4v) is 0.392. The lowest BCUT2D eigenvalue weighted by molar-refractivity contribution is 0.0171. The fourth-order valence-electron chi connectivity index (χ4n) is 0.392. The van der Waals surface area contributed by atoms with Crippen LogP contribution in [0.2, 0.25) is 0 Å². The van der Waals surface area contributed by atoms with Gasteiger partial charge in [-0.15, -0.1) is 0 Å². The molecule has 0 unspecified atom stereocenters. The van der Waals surface area contributed by atoms with Crippen molar-refractivity contribution in [1.82, 2.24) is 0 Å². The molecule has 0 spiro atoms. The molecule has 0 aliphatic carbocycles. The van der Waals surface area contributed by atoms with Crippen molar-refractivity contribution >= 4 is 7.12 Å². The van der Waals surface area contributed by atoms with Gasteiger partial charge in [0.05, 0.1) is 0 Å². The van der Waals surface area contributed by atoms with Crippen LogP contribution in [0.1, 0.15) is 0 Å². The van der Waals surface area contributed by atoms with Gasteiger partial charge in [-0.2, -0.15) is 0 Å². The minimum atomic E-state index is -1.56. The molecule has 0 saturated carbocycles. The van der Waals surface area contributed by atoms with Gasteiger partial charge in [0, 0.05) is 0 Å². The molecule has 0 amide bonds. The predicted octanol–water partition coefficient (Wildman–Crippen LogP) is -1.16. The molecule has 4 nitrogen and oxygen atoms in total. The Balaban J connectivity index is 2.29. The van der Waals surface area contributed by atoms with E-state index in [0.29, 0.717) is 0 Å². The van der Waals surface area contributed by atoms with E-state index >= 15 is 0 Å². The van der Waals surface area contributed by atoms with Crippen LogP contribution in [0.15, 0.2) is 12.5 Å². The summed E-state index contributed by atoms with van der Waals surface area (Å²) in [6.45, 7) is 0. The number of ether oxygens (including phenoxy) is 2. The van der Waals surface area contributed by atoms with Gasteiger partial charge < -0.3 is 19.5 Å². The minimum Gasteiger partial charge on any atom is -0.461 e. The lowest BCUT2D eigenvalue weighted by Crippen LogP contribution is -2.31. The quantitative estimate of drug-likeness (QED) is 0.424. The number of hydrogen-bond donors (Lipinski definition) is 2. The Morgan fingerprint density at radius 1 is 1.25 bits per heavy atom. The molecule has 0 atom stereocenters. The van der Waals surface area contributed by atoms with E-state index in [-0.39, 0.29) is 0 Å². The van der Waals surface area contributed by atoms with Crippen LogP contribution in [0.5, 0.6) is 0 Å². The summed E-state index contributed by atoms with van der Waals surface area (Å²) in [6.07, 6.45) is 1.57. The highest BCUT2D eigenvalue weighted by Gasteiger charge is 2.27. The maximum Gasteiger partial charge on any atom is 0.542 e. The predicted molar refractivity (Wildman–Crippen MR) is 25.3 cm³/mol. The number of hydrogen-bond acceptors (Lipinski definition) is 4. The Bertz CT molecular complexity index is 93.5. The zero-order chi connectivity index (χ0) is 5.98. The van der Waals surface area contributed by atoms with E-state index in [4.69, 9.17) is 10.0 Å². The highest BCUT2D eigenvalue weighted by Crippen LogP contribution is 2.04. The molecule has 0 radical (unpaired) electrons. The molecular formula is C3H5BO4. The summed E-state index contributed by atoms with van der Waals surface area (Å²) in [5.74, 6) is 0. The van der Waals surface area contributed by atoms with Gasteiger partial charge in [0.1, 0.15) is 12.5 Å². The molecule has 0 aromatic rings. The zero-order valence-electron chi connectivity index (χ0n) is 4.02. The Hall–Kier alpha value is -0.675. The normalized spacial score (nSPS) is 17.8. The topological polar surface area (TPSA) is 58.9 Å². The van der Waals surface area contributed by atoms with Crippen LogP contribution in [-0.2, 0) is 9.47 Å². The maximum atomic E-state index is 8.32. The highest BCUT2D eigenvalue weighted by molar-refractivity contribution is 6.42. The van der Waals surface area contributed by atoms with Gasteiger partial charge in [-0.05, 0) is 0 Å². The van der Waals surface area contributed by atoms with Crippen molar-refractivity contribution in [2.45, 2.75) is 6.19 Å². The highest BCUT2D eigenvalue weighted by atomic mass is 16.7. The monoisotopic (exact) mass is 116 g/mol. The second kappa shape index (κ2) is 2.06. The summed E-state index contributed by atoms with van der Waals surface area (Å²) >= 11 is 0.